The second-order valence-electron chi connectivity index (χ2n) is 8.49. The van der Waals surface area contributed by atoms with Crippen molar-refractivity contribution in [3.63, 3.8) is 0 Å². The fourth-order valence-electron chi connectivity index (χ4n) is 4.10. The zero-order valence-electron chi connectivity index (χ0n) is 19.1. The number of ketones is 2. The first-order valence-electron chi connectivity index (χ1n) is 10.9. The number of amides is 1. The van der Waals surface area contributed by atoms with Gasteiger partial charge in [-0.25, -0.2) is 8.42 Å². The number of fused-ring (bicyclic) bond motifs is 1. The zero-order chi connectivity index (χ0) is 25.3. The fourth-order valence-corrected chi connectivity index (χ4v) is 7.48. The van der Waals surface area contributed by atoms with E-state index in [1.807, 2.05) is 6.07 Å². The monoisotopic (exact) mass is 512 g/mol. The lowest BCUT2D eigenvalue weighted by Gasteiger charge is -2.27. The van der Waals surface area contributed by atoms with Crippen molar-refractivity contribution in [3.05, 3.63) is 82.2 Å². The van der Waals surface area contributed by atoms with Crippen molar-refractivity contribution in [1.82, 2.24) is 4.31 Å². The quantitative estimate of drug-likeness (QED) is 0.447. The fraction of sp³-hybridized carbons (Fsp3) is 0.240. The molecule has 3 aromatic rings. The number of benzene rings is 2. The maximum atomic E-state index is 13.1. The SMILES string of the molecule is CC(C)C(C(=O)CO)N1Cc2sc(NC(=O)c3cccc(C(=O)c4ccccc4)c3)cc2S1(=O)=O. The van der Waals surface area contributed by atoms with E-state index in [9.17, 15) is 27.9 Å². The molecule has 0 saturated carbocycles. The Labute approximate surface area is 207 Å². The Bertz CT molecular complexity index is 1400. The van der Waals surface area contributed by atoms with Crippen LogP contribution in [-0.4, -0.2) is 48.0 Å². The number of aliphatic hydroxyl groups excluding tert-OH is 1. The number of hydrogen-bond donors (Lipinski definition) is 2. The predicted octanol–water partition coefficient (Wildman–Crippen LogP) is 3.32. The molecule has 10 heteroatoms. The van der Waals surface area contributed by atoms with Crippen LogP contribution in [0.3, 0.4) is 0 Å². The number of carbonyl (C=O) groups excluding carboxylic acids is 3. The van der Waals surface area contributed by atoms with Crippen molar-refractivity contribution in [1.29, 1.82) is 0 Å². The molecule has 2 heterocycles. The molecule has 1 aliphatic heterocycles. The molecule has 1 unspecified atom stereocenters. The molecular formula is C25H24N2O6S2. The van der Waals surface area contributed by atoms with Crippen LogP contribution in [0.4, 0.5) is 5.00 Å². The molecule has 0 spiro atoms. The summed E-state index contributed by atoms with van der Waals surface area (Å²) in [6, 6.07) is 15.5. The van der Waals surface area contributed by atoms with Crippen molar-refractivity contribution in [2.45, 2.75) is 31.3 Å². The molecule has 2 aromatic carbocycles. The average Bonchev–Trinajstić information content (AvgIpc) is 3.35. The molecule has 4 rings (SSSR count). The van der Waals surface area contributed by atoms with Crippen LogP contribution < -0.4 is 5.32 Å². The van der Waals surface area contributed by atoms with Crippen LogP contribution in [0.2, 0.25) is 0 Å². The normalized spacial score (nSPS) is 15.5. The number of sulfonamides is 1. The van der Waals surface area contributed by atoms with Gasteiger partial charge in [0.1, 0.15) is 6.61 Å². The number of hydrogen-bond acceptors (Lipinski definition) is 7. The minimum Gasteiger partial charge on any atom is -0.389 e. The molecule has 0 fully saturated rings. The summed E-state index contributed by atoms with van der Waals surface area (Å²) >= 11 is 1.11. The van der Waals surface area contributed by atoms with Crippen LogP contribution in [0.5, 0.6) is 0 Å². The lowest BCUT2D eigenvalue weighted by atomic mass is 10.0. The molecule has 1 atom stereocenters. The van der Waals surface area contributed by atoms with E-state index in [0.29, 0.717) is 21.0 Å². The van der Waals surface area contributed by atoms with E-state index in [-0.39, 0.29) is 28.7 Å². The van der Waals surface area contributed by atoms with Crippen molar-refractivity contribution in [2.75, 3.05) is 11.9 Å². The van der Waals surface area contributed by atoms with Gasteiger partial charge in [0.25, 0.3) is 5.91 Å². The number of Topliss-reactive ketones (excluding diaryl/α,β-unsaturated/α-hetero) is 1. The van der Waals surface area contributed by atoms with Gasteiger partial charge in [-0.05, 0) is 24.1 Å². The number of nitrogens with zero attached hydrogens (tertiary/aromatic N) is 1. The third-order valence-electron chi connectivity index (χ3n) is 5.74. The molecule has 182 valence electrons. The first kappa shape index (κ1) is 24.9. The van der Waals surface area contributed by atoms with Crippen LogP contribution >= 0.6 is 11.3 Å². The second-order valence-corrected chi connectivity index (χ2v) is 11.5. The Morgan fingerprint density at radius 2 is 1.66 bits per heavy atom. The van der Waals surface area contributed by atoms with Crippen LogP contribution in [0, 0.1) is 5.92 Å². The van der Waals surface area contributed by atoms with Crippen molar-refractivity contribution in [2.24, 2.45) is 5.92 Å². The van der Waals surface area contributed by atoms with Crippen LogP contribution in [-0.2, 0) is 21.4 Å². The topological polar surface area (TPSA) is 121 Å². The summed E-state index contributed by atoms with van der Waals surface area (Å²) in [7, 11) is -3.96. The Balaban J connectivity index is 1.53. The van der Waals surface area contributed by atoms with Gasteiger partial charge in [-0.1, -0.05) is 56.3 Å². The molecule has 0 radical (unpaired) electrons. The smallest absolute Gasteiger partial charge is 0.256 e. The van der Waals surface area contributed by atoms with Gasteiger partial charge < -0.3 is 10.4 Å². The molecule has 8 nitrogen and oxygen atoms in total. The lowest BCUT2D eigenvalue weighted by Crippen LogP contribution is -2.46. The highest BCUT2D eigenvalue weighted by Crippen LogP contribution is 2.41. The molecule has 0 aliphatic carbocycles. The van der Waals surface area contributed by atoms with E-state index in [0.717, 1.165) is 15.6 Å². The molecular weight excluding hydrogens is 488 g/mol. The highest BCUT2D eigenvalue weighted by molar-refractivity contribution is 7.89. The Hall–Kier alpha value is -3.18. The average molecular weight is 513 g/mol. The standard InChI is InChI=1S/C25H24N2O6S2/c1-15(2)23(19(29)14-28)27-13-20-21(35(27,32)33)12-22(34-20)26-25(31)18-10-6-9-17(11-18)24(30)16-7-4-3-5-8-16/h3-12,15,23,28H,13-14H2,1-2H3,(H,26,31). The van der Waals surface area contributed by atoms with Crippen molar-refractivity contribution >= 4 is 43.8 Å². The molecule has 0 bridgehead atoms. The minimum absolute atomic E-state index is 0.00610. The van der Waals surface area contributed by atoms with Gasteiger partial charge >= 0.3 is 0 Å². The first-order chi connectivity index (χ1) is 16.6. The molecule has 0 saturated heterocycles. The highest BCUT2D eigenvalue weighted by Gasteiger charge is 2.44. The van der Waals surface area contributed by atoms with E-state index in [1.54, 1.807) is 56.3 Å². The van der Waals surface area contributed by atoms with Gasteiger partial charge in [-0.3, -0.25) is 14.4 Å². The summed E-state index contributed by atoms with van der Waals surface area (Å²) in [5.74, 6) is -1.56. The van der Waals surface area contributed by atoms with E-state index < -0.39 is 34.4 Å². The highest BCUT2D eigenvalue weighted by atomic mass is 32.2. The number of nitrogens with one attached hydrogen (secondary N) is 1. The summed E-state index contributed by atoms with van der Waals surface area (Å²) < 4.78 is 27.4. The molecule has 1 aromatic heterocycles. The Morgan fingerprint density at radius 1 is 1.00 bits per heavy atom. The second kappa shape index (κ2) is 9.82. The van der Waals surface area contributed by atoms with Crippen molar-refractivity contribution in [3.8, 4) is 0 Å². The summed E-state index contributed by atoms with van der Waals surface area (Å²) in [5, 5.41) is 12.3. The van der Waals surface area contributed by atoms with Gasteiger partial charge in [-0.15, -0.1) is 11.3 Å². The largest absolute Gasteiger partial charge is 0.389 e. The van der Waals surface area contributed by atoms with Crippen LogP contribution in [0.1, 0.15) is 45.0 Å². The maximum Gasteiger partial charge on any atom is 0.256 e. The molecule has 2 N–H and O–H groups in total. The zero-order valence-corrected chi connectivity index (χ0v) is 20.7. The van der Waals surface area contributed by atoms with Crippen LogP contribution in [0.15, 0.2) is 65.6 Å². The van der Waals surface area contributed by atoms with E-state index >= 15 is 0 Å². The number of carbonyl (C=O) groups is 3. The molecule has 35 heavy (non-hydrogen) atoms. The Kier molecular flexibility index (Phi) is 7.00. The number of aliphatic hydroxyl groups is 1. The van der Waals surface area contributed by atoms with Gasteiger partial charge in [0.15, 0.2) is 11.6 Å². The first-order valence-corrected chi connectivity index (χ1v) is 13.2. The Morgan fingerprint density at radius 3 is 2.29 bits per heavy atom. The van der Waals surface area contributed by atoms with E-state index in [2.05, 4.69) is 5.32 Å². The number of rotatable bonds is 8. The van der Waals surface area contributed by atoms with Gasteiger partial charge in [0, 0.05) is 21.6 Å². The van der Waals surface area contributed by atoms with Crippen molar-refractivity contribution < 1.29 is 27.9 Å². The van der Waals surface area contributed by atoms with Crippen LogP contribution in [0.25, 0.3) is 0 Å². The predicted molar refractivity (Wildman–Crippen MR) is 132 cm³/mol. The third-order valence-corrected chi connectivity index (χ3v) is 8.80. The number of anilines is 1. The minimum atomic E-state index is -3.96. The summed E-state index contributed by atoms with van der Waals surface area (Å²) in [5.41, 5.74) is 1.14. The third kappa shape index (κ3) is 4.83. The lowest BCUT2D eigenvalue weighted by molar-refractivity contribution is -0.126. The summed E-state index contributed by atoms with van der Waals surface area (Å²) in [6.45, 7) is 2.70. The van der Waals surface area contributed by atoms with E-state index in [1.165, 1.54) is 12.1 Å². The van der Waals surface area contributed by atoms with Gasteiger partial charge in [0.05, 0.1) is 22.5 Å². The summed E-state index contributed by atoms with van der Waals surface area (Å²) in [4.78, 5) is 38.3. The summed E-state index contributed by atoms with van der Waals surface area (Å²) in [6.07, 6.45) is 0. The molecule has 1 amide bonds. The van der Waals surface area contributed by atoms with Gasteiger partial charge in [-0.2, -0.15) is 4.31 Å². The molecule has 1 aliphatic rings. The van der Waals surface area contributed by atoms with Gasteiger partial charge in [0.2, 0.25) is 10.0 Å². The number of thiophene rings is 1. The van der Waals surface area contributed by atoms with E-state index in [4.69, 9.17) is 0 Å². The maximum absolute atomic E-state index is 13.1.